The van der Waals surface area contributed by atoms with Crippen LogP contribution in [-0.4, -0.2) is 48.6 Å². The van der Waals surface area contributed by atoms with E-state index in [9.17, 15) is 9.18 Å². The van der Waals surface area contributed by atoms with Gasteiger partial charge < -0.3 is 19.9 Å². The molecule has 3 rings (SSSR count). The number of benzene rings is 2. The third-order valence-corrected chi connectivity index (χ3v) is 4.81. The Morgan fingerprint density at radius 2 is 1.97 bits per heavy atom. The van der Waals surface area contributed by atoms with Gasteiger partial charge in [0.2, 0.25) is 0 Å². The van der Waals surface area contributed by atoms with Gasteiger partial charge in [0.15, 0.2) is 0 Å². The largest absolute Gasteiger partial charge is 0.493 e. The molecule has 0 unspecified atom stereocenters. The Labute approximate surface area is 206 Å². The molecular formula is C25H34FN3O2. The predicted molar refractivity (Wildman–Crippen MR) is 121 cm³/mol. The van der Waals surface area contributed by atoms with Crippen LogP contribution in [0.4, 0.5) is 9.18 Å². The molecular weight excluding hydrogens is 393 g/mol. The van der Waals surface area contributed by atoms with Gasteiger partial charge in [-0.05, 0) is 74.2 Å². The molecule has 31 heavy (non-hydrogen) atoms. The van der Waals surface area contributed by atoms with E-state index in [1.54, 1.807) is 0 Å². The molecule has 5 nitrogen and oxygen atoms in total. The first kappa shape index (κ1) is 10.3. The maximum atomic E-state index is 13.6. The van der Waals surface area contributed by atoms with Crippen LogP contribution in [0, 0.1) is 11.7 Å². The van der Waals surface area contributed by atoms with Gasteiger partial charge in [0.1, 0.15) is 11.6 Å². The minimum atomic E-state index is -3.95. The zero-order chi connectivity index (χ0) is 35.2. The molecule has 2 amide bonds. The smallest absolute Gasteiger partial charge is 0.318 e. The Bertz CT molecular complexity index is 1380. The molecule has 1 N–H and O–H groups in total. The molecule has 2 aromatic rings. The number of nitrogens with zero attached hydrogens (tertiary/aromatic N) is 2. The van der Waals surface area contributed by atoms with Gasteiger partial charge in [-0.25, -0.2) is 9.18 Å². The van der Waals surface area contributed by atoms with Crippen molar-refractivity contribution in [2.45, 2.75) is 45.6 Å². The fourth-order valence-electron chi connectivity index (χ4n) is 3.16. The first-order chi connectivity index (χ1) is 20.9. The molecule has 1 fully saturated rings. The van der Waals surface area contributed by atoms with E-state index in [1.165, 1.54) is 29.2 Å². The normalized spacial score (nSPS) is 24.3. The van der Waals surface area contributed by atoms with E-state index < -0.39 is 80.0 Å². The van der Waals surface area contributed by atoms with E-state index in [-0.39, 0.29) is 12.6 Å². The van der Waals surface area contributed by atoms with Crippen molar-refractivity contribution in [3.63, 3.8) is 0 Å². The van der Waals surface area contributed by atoms with Gasteiger partial charge in [0, 0.05) is 28.7 Å². The SMILES string of the molecule is [2H]c1c([2H])c(C([2H])([2H])NC(=O)N(Cc2ccc(F)cc2)C2CCN(C)CC2)c([2H])c([2H])c1OC([2H])([2H])C([2H])(C([2H])([2H])[2H])C([2H])([2H])[2H]. The molecule has 1 saturated heterocycles. The van der Waals surface area contributed by atoms with Crippen LogP contribution in [0.2, 0.25) is 0 Å². The number of ether oxygens (including phenoxy) is 1. The van der Waals surface area contributed by atoms with Crippen molar-refractivity contribution in [2.75, 3.05) is 26.7 Å². The summed E-state index contributed by atoms with van der Waals surface area (Å²) in [5, 5.41) is 2.11. The summed E-state index contributed by atoms with van der Waals surface area (Å²) in [4.78, 5) is 17.0. The van der Waals surface area contributed by atoms with Crippen LogP contribution in [0.25, 0.3) is 0 Å². The first-order valence-electron chi connectivity index (χ1n) is 17.2. The summed E-state index contributed by atoms with van der Waals surface area (Å²) in [5.74, 6) is -5.70. The highest BCUT2D eigenvalue weighted by molar-refractivity contribution is 5.74. The van der Waals surface area contributed by atoms with Gasteiger partial charge >= 0.3 is 6.03 Å². The summed E-state index contributed by atoms with van der Waals surface area (Å²) in [7, 11) is 1.90. The quantitative estimate of drug-likeness (QED) is 0.646. The van der Waals surface area contributed by atoms with Crippen LogP contribution in [0.1, 0.15) is 58.2 Å². The van der Waals surface area contributed by atoms with Gasteiger partial charge in [0.05, 0.1) is 17.5 Å². The fourth-order valence-corrected chi connectivity index (χ4v) is 3.16. The number of nitrogens with one attached hydrogen (secondary N) is 1. The number of likely N-dealkylation sites (tertiary alicyclic amines) is 1. The number of amides is 2. The van der Waals surface area contributed by atoms with Crippen molar-refractivity contribution in [1.82, 2.24) is 15.1 Å². The lowest BCUT2D eigenvalue weighted by atomic mass is 10.0. The second-order valence-electron chi connectivity index (χ2n) is 7.13. The number of carbonyl (C=O) groups excluding carboxylic acids is 1. The van der Waals surface area contributed by atoms with Crippen LogP contribution in [-0.2, 0) is 13.0 Å². The third-order valence-electron chi connectivity index (χ3n) is 4.81. The van der Waals surface area contributed by atoms with E-state index in [2.05, 4.69) is 5.32 Å². The molecule has 1 aliphatic rings. The van der Waals surface area contributed by atoms with Gasteiger partial charge in [0.25, 0.3) is 0 Å². The average Bonchev–Trinajstić information content (AvgIpc) is 2.92. The van der Waals surface area contributed by atoms with Crippen LogP contribution in [0.15, 0.2) is 48.4 Å². The highest BCUT2D eigenvalue weighted by Gasteiger charge is 2.27. The lowest BCUT2D eigenvalue weighted by molar-refractivity contribution is 0.127. The number of rotatable bonds is 8. The molecule has 0 aromatic heterocycles. The zero-order valence-corrected chi connectivity index (χ0v) is 17.0. The molecule has 0 radical (unpaired) electrons. The second-order valence-corrected chi connectivity index (χ2v) is 7.13. The Kier molecular flexibility index (Phi) is 3.72. The molecule has 168 valence electrons. The highest BCUT2D eigenvalue weighted by atomic mass is 19.1. The lowest BCUT2D eigenvalue weighted by Gasteiger charge is -2.37. The van der Waals surface area contributed by atoms with Crippen molar-refractivity contribution in [3.8, 4) is 5.75 Å². The van der Waals surface area contributed by atoms with Crippen LogP contribution in [0.5, 0.6) is 5.75 Å². The van der Waals surface area contributed by atoms with Crippen LogP contribution in [0.3, 0.4) is 0 Å². The monoisotopic (exact) mass is 442 g/mol. The summed E-state index contributed by atoms with van der Waals surface area (Å²) in [6, 6.07) is -0.711. The van der Waals surface area contributed by atoms with Crippen molar-refractivity contribution in [1.29, 1.82) is 0 Å². The summed E-state index contributed by atoms with van der Waals surface area (Å²) in [5.41, 5.74) is -0.437. The maximum absolute atomic E-state index is 13.6. The Balaban J connectivity index is 2.01. The van der Waals surface area contributed by atoms with Gasteiger partial charge in [-0.2, -0.15) is 0 Å². The number of hydrogen-bond acceptors (Lipinski definition) is 3. The maximum Gasteiger partial charge on any atom is 0.318 e. The third kappa shape index (κ3) is 7.24. The first-order valence-corrected chi connectivity index (χ1v) is 9.67. The zero-order valence-electron chi connectivity index (χ0n) is 32.0. The summed E-state index contributed by atoms with van der Waals surface area (Å²) < 4.78 is 138. The van der Waals surface area contributed by atoms with Crippen molar-refractivity contribution in [3.05, 3.63) is 65.4 Å². The summed E-state index contributed by atoms with van der Waals surface area (Å²) >= 11 is 0. The molecule has 0 atom stereocenters. The number of piperidine rings is 1. The van der Waals surface area contributed by atoms with Crippen LogP contribution < -0.4 is 10.1 Å². The van der Waals surface area contributed by atoms with E-state index in [1.807, 2.05) is 11.9 Å². The Morgan fingerprint density at radius 1 is 1.29 bits per heavy atom. The number of carbonyl (C=O) groups is 1. The van der Waals surface area contributed by atoms with Gasteiger partial charge in [-0.15, -0.1) is 0 Å². The number of hydrogen-bond donors (Lipinski definition) is 1. The summed E-state index contributed by atoms with van der Waals surface area (Å²) in [6.07, 6.45) is 1.04. The molecule has 6 heteroatoms. The highest BCUT2D eigenvalue weighted by Crippen LogP contribution is 2.19. The molecule has 0 aliphatic carbocycles. The van der Waals surface area contributed by atoms with Gasteiger partial charge in [-0.3, -0.25) is 0 Å². The standard InChI is InChI=1S/C25H34FN3O2/c1-19(2)18-31-24-10-6-20(7-11-24)16-27-25(30)29(23-12-14-28(3)15-13-23)17-21-4-8-22(26)9-5-21/h4-11,19,23H,12-18H2,1-3H3,(H,27,30)/i1D3,2D3,6D,7D,10D,11D,16D2,18D2,19D. The molecule has 1 aliphatic heterocycles. The van der Waals surface area contributed by atoms with E-state index in [0.717, 1.165) is 0 Å². The topological polar surface area (TPSA) is 44.8 Å². The number of urea groups is 1. The van der Waals surface area contributed by atoms with Crippen LogP contribution >= 0.6 is 0 Å². The summed E-state index contributed by atoms with van der Waals surface area (Å²) in [6.45, 7) is -13.4. The Morgan fingerprint density at radius 3 is 2.61 bits per heavy atom. The minimum Gasteiger partial charge on any atom is -0.493 e. The van der Waals surface area contributed by atoms with E-state index >= 15 is 0 Å². The Hall–Kier alpha value is -2.60. The lowest BCUT2D eigenvalue weighted by Crippen LogP contribution is -2.49. The van der Waals surface area contributed by atoms with Crippen molar-refractivity contribution in [2.24, 2.45) is 5.89 Å². The predicted octanol–water partition coefficient (Wildman–Crippen LogP) is 4.67. The molecule has 0 saturated carbocycles. The van der Waals surface area contributed by atoms with E-state index in [0.29, 0.717) is 31.5 Å². The number of halogens is 1. The minimum absolute atomic E-state index is 0.0465. The van der Waals surface area contributed by atoms with Crippen molar-refractivity contribution >= 4 is 6.03 Å². The van der Waals surface area contributed by atoms with Crippen molar-refractivity contribution < 1.29 is 34.5 Å². The molecule has 0 bridgehead atoms. The molecule has 2 aromatic carbocycles. The second kappa shape index (κ2) is 11.1. The van der Waals surface area contributed by atoms with Gasteiger partial charge in [-0.1, -0.05) is 37.9 Å². The fraction of sp³-hybridized carbons (Fsp3) is 0.480. The average molecular weight is 443 g/mol. The molecule has 0 spiro atoms. The molecule has 1 heterocycles. The van der Waals surface area contributed by atoms with E-state index in [4.69, 9.17) is 25.3 Å².